The SMILES string of the molecule is CCCc1nc(C)c(C(=O)O)c(C)n1. The molecule has 0 fully saturated rings. The summed E-state index contributed by atoms with van der Waals surface area (Å²) in [5, 5.41) is 8.89. The Hall–Kier alpha value is -1.45. The maximum absolute atomic E-state index is 10.8. The summed E-state index contributed by atoms with van der Waals surface area (Å²) in [6.07, 6.45) is 1.76. The lowest BCUT2D eigenvalue weighted by atomic mass is 10.1. The second-order valence-corrected chi connectivity index (χ2v) is 3.24. The van der Waals surface area contributed by atoms with Crippen molar-refractivity contribution >= 4 is 5.97 Å². The van der Waals surface area contributed by atoms with Gasteiger partial charge in [0.15, 0.2) is 0 Å². The first-order valence-electron chi connectivity index (χ1n) is 4.63. The van der Waals surface area contributed by atoms with Gasteiger partial charge in [0.05, 0.1) is 11.4 Å². The molecule has 0 aliphatic carbocycles. The molecule has 0 unspecified atom stereocenters. The second kappa shape index (κ2) is 4.17. The van der Waals surface area contributed by atoms with Gasteiger partial charge in [-0.25, -0.2) is 14.8 Å². The quantitative estimate of drug-likeness (QED) is 0.796. The molecular weight excluding hydrogens is 180 g/mol. The number of aromatic carboxylic acids is 1. The summed E-state index contributed by atoms with van der Waals surface area (Å²) >= 11 is 0. The molecule has 0 aliphatic rings. The molecule has 0 saturated carbocycles. The highest BCUT2D eigenvalue weighted by Crippen LogP contribution is 2.10. The second-order valence-electron chi connectivity index (χ2n) is 3.24. The van der Waals surface area contributed by atoms with Gasteiger partial charge in [-0.1, -0.05) is 6.92 Å². The summed E-state index contributed by atoms with van der Waals surface area (Å²) in [5.41, 5.74) is 1.33. The molecule has 1 aromatic rings. The van der Waals surface area contributed by atoms with Crippen LogP contribution in [0.4, 0.5) is 0 Å². The lowest BCUT2D eigenvalue weighted by molar-refractivity contribution is 0.0694. The molecule has 1 rings (SSSR count). The third-order valence-corrected chi connectivity index (χ3v) is 2.00. The molecule has 76 valence electrons. The minimum Gasteiger partial charge on any atom is -0.478 e. The first kappa shape index (κ1) is 10.6. The first-order valence-corrected chi connectivity index (χ1v) is 4.63. The van der Waals surface area contributed by atoms with Gasteiger partial charge in [0.25, 0.3) is 0 Å². The molecule has 0 atom stereocenters. The van der Waals surface area contributed by atoms with Crippen molar-refractivity contribution in [1.29, 1.82) is 0 Å². The summed E-state index contributed by atoms with van der Waals surface area (Å²) in [7, 11) is 0. The van der Waals surface area contributed by atoms with Gasteiger partial charge in [0.1, 0.15) is 11.4 Å². The van der Waals surface area contributed by atoms with Crippen LogP contribution in [0, 0.1) is 13.8 Å². The van der Waals surface area contributed by atoms with Crippen LogP contribution in [0.2, 0.25) is 0 Å². The Labute approximate surface area is 83.0 Å². The van der Waals surface area contributed by atoms with Crippen molar-refractivity contribution in [3.8, 4) is 0 Å². The Kier molecular flexibility index (Phi) is 3.17. The van der Waals surface area contributed by atoms with E-state index in [-0.39, 0.29) is 5.56 Å². The average Bonchev–Trinajstić information content (AvgIpc) is 2.01. The van der Waals surface area contributed by atoms with Gasteiger partial charge in [-0.3, -0.25) is 0 Å². The number of carboxylic acids is 1. The van der Waals surface area contributed by atoms with Gasteiger partial charge in [-0.15, -0.1) is 0 Å². The summed E-state index contributed by atoms with van der Waals surface area (Å²) in [6.45, 7) is 5.45. The van der Waals surface area contributed by atoms with Crippen molar-refractivity contribution in [1.82, 2.24) is 9.97 Å². The van der Waals surface area contributed by atoms with E-state index in [1.807, 2.05) is 6.92 Å². The van der Waals surface area contributed by atoms with Crippen LogP contribution in [-0.4, -0.2) is 21.0 Å². The number of aryl methyl sites for hydroxylation is 3. The standard InChI is InChI=1S/C10H14N2O2/c1-4-5-8-11-6(2)9(10(13)14)7(3)12-8/h4-5H2,1-3H3,(H,13,14). The van der Waals surface area contributed by atoms with E-state index in [1.54, 1.807) is 13.8 Å². The predicted octanol–water partition coefficient (Wildman–Crippen LogP) is 1.74. The maximum Gasteiger partial charge on any atom is 0.339 e. The van der Waals surface area contributed by atoms with E-state index in [4.69, 9.17) is 5.11 Å². The molecule has 0 aromatic carbocycles. The molecule has 1 heterocycles. The van der Waals surface area contributed by atoms with Gasteiger partial charge < -0.3 is 5.11 Å². The minimum absolute atomic E-state index is 0.227. The van der Waals surface area contributed by atoms with E-state index in [0.717, 1.165) is 18.7 Å². The van der Waals surface area contributed by atoms with Crippen molar-refractivity contribution in [2.75, 3.05) is 0 Å². The highest BCUT2D eigenvalue weighted by Gasteiger charge is 2.14. The molecular formula is C10H14N2O2. The number of aromatic nitrogens is 2. The van der Waals surface area contributed by atoms with E-state index >= 15 is 0 Å². The molecule has 0 spiro atoms. The zero-order chi connectivity index (χ0) is 10.7. The largest absolute Gasteiger partial charge is 0.478 e. The molecule has 0 bridgehead atoms. The van der Waals surface area contributed by atoms with Crippen molar-refractivity contribution in [2.24, 2.45) is 0 Å². The predicted molar refractivity (Wildman–Crippen MR) is 52.5 cm³/mol. The number of carboxylic acid groups (broad SMARTS) is 1. The monoisotopic (exact) mass is 194 g/mol. The fourth-order valence-corrected chi connectivity index (χ4v) is 1.43. The molecule has 14 heavy (non-hydrogen) atoms. The molecule has 1 N–H and O–H groups in total. The lowest BCUT2D eigenvalue weighted by Gasteiger charge is -2.06. The van der Waals surface area contributed by atoms with Crippen molar-refractivity contribution in [2.45, 2.75) is 33.6 Å². The highest BCUT2D eigenvalue weighted by molar-refractivity contribution is 5.89. The van der Waals surface area contributed by atoms with Crippen LogP contribution in [0.3, 0.4) is 0 Å². The normalized spacial score (nSPS) is 10.2. The molecule has 0 saturated heterocycles. The smallest absolute Gasteiger partial charge is 0.339 e. The lowest BCUT2D eigenvalue weighted by Crippen LogP contribution is -2.10. The number of hydrogen-bond donors (Lipinski definition) is 1. The number of rotatable bonds is 3. The van der Waals surface area contributed by atoms with Crippen LogP contribution in [0.5, 0.6) is 0 Å². The van der Waals surface area contributed by atoms with Crippen LogP contribution in [0.25, 0.3) is 0 Å². The zero-order valence-electron chi connectivity index (χ0n) is 8.66. The van der Waals surface area contributed by atoms with E-state index in [9.17, 15) is 4.79 Å². The van der Waals surface area contributed by atoms with Crippen molar-refractivity contribution in [3.05, 3.63) is 22.8 Å². The number of carbonyl (C=O) groups is 1. The topological polar surface area (TPSA) is 63.1 Å². The third kappa shape index (κ3) is 2.07. The van der Waals surface area contributed by atoms with Crippen LogP contribution >= 0.6 is 0 Å². The van der Waals surface area contributed by atoms with Crippen molar-refractivity contribution < 1.29 is 9.90 Å². The van der Waals surface area contributed by atoms with Crippen LogP contribution in [0.15, 0.2) is 0 Å². The fourth-order valence-electron chi connectivity index (χ4n) is 1.43. The Morgan fingerprint density at radius 2 is 1.79 bits per heavy atom. The van der Waals surface area contributed by atoms with Gasteiger partial charge >= 0.3 is 5.97 Å². The van der Waals surface area contributed by atoms with Crippen molar-refractivity contribution in [3.63, 3.8) is 0 Å². The van der Waals surface area contributed by atoms with E-state index in [2.05, 4.69) is 9.97 Å². The Balaban J connectivity index is 3.18. The summed E-state index contributed by atoms with van der Waals surface area (Å²) in [6, 6.07) is 0. The Bertz CT molecular complexity index is 338. The third-order valence-electron chi connectivity index (χ3n) is 2.00. The molecule has 0 aliphatic heterocycles. The first-order chi connectivity index (χ1) is 6.56. The van der Waals surface area contributed by atoms with Crippen LogP contribution in [0.1, 0.15) is 40.9 Å². The molecule has 1 aromatic heterocycles. The summed E-state index contributed by atoms with van der Waals surface area (Å²) in [5.74, 6) is -0.226. The Morgan fingerprint density at radius 1 is 1.29 bits per heavy atom. The van der Waals surface area contributed by atoms with Crippen LogP contribution < -0.4 is 0 Å². The van der Waals surface area contributed by atoms with E-state index < -0.39 is 5.97 Å². The summed E-state index contributed by atoms with van der Waals surface area (Å²) < 4.78 is 0. The van der Waals surface area contributed by atoms with Gasteiger partial charge in [0.2, 0.25) is 0 Å². The number of nitrogens with zero attached hydrogens (tertiary/aromatic N) is 2. The molecule has 0 radical (unpaired) electrons. The molecule has 4 heteroatoms. The average molecular weight is 194 g/mol. The van der Waals surface area contributed by atoms with Gasteiger partial charge in [-0.05, 0) is 20.3 Å². The molecule has 4 nitrogen and oxygen atoms in total. The number of hydrogen-bond acceptors (Lipinski definition) is 3. The van der Waals surface area contributed by atoms with E-state index in [1.165, 1.54) is 0 Å². The summed E-state index contributed by atoms with van der Waals surface area (Å²) in [4.78, 5) is 19.1. The van der Waals surface area contributed by atoms with Gasteiger partial charge in [-0.2, -0.15) is 0 Å². The minimum atomic E-state index is -0.956. The van der Waals surface area contributed by atoms with Crippen LogP contribution in [-0.2, 0) is 6.42 Å². The van der Waals surface area contributed by atoms with Gasteiger partial charge in [0, 0.05) is 6.42 Å². The fraction of sp³-hybridized carbons (Fsp3) is 0.500. The highest BCUT2D eigenvalue weighted by atomic mass is 16.4. The van der Waals surface area contributed by atoms with E-state index in [0.29, 0.717) is 11.4 Å². The molecule has 0 amide bonds. The Morgan fingerprint density at radius 3 is 2.14 bits per heavy atom. The zero-order valence-corrected chi connectivity index (χ0v) is 8.66. The maximum atomic E-state index is 10.8.